The molecule has 0 radical (unpaired) electrons. The van der Waals surface area contributed by atoms with Crippen molar-refractivity contribution in [1.82, 2.24) is 5.32 Å². The number of thiophene rings is 1. The van der Waals surface area contributed by atoms with Gasteiger partial charge in [-0.2, -0.15) is 0 Å². The van der Waals surface area contributed by atoms with E-state index in [1.54, 1.807) is 0 Å². The lowest BCUT2D eigenvalue weighted by atomic mass is 10.0. The Morgan fingerprint density at radius 3 is 3.00 bits per heavy atom. The fourth-order valence-electron chi connectivity index (χ4n) is 1.95. The summed E-state index contributed by atoms with van der Waals surface area (Å²) < 4.78 is 4.73. The molecule has 1 aliphatic heterocycles. The zero-order valence-corrected chi connectivity index (χ0v) is 9.76. The van der Waals surface area contributed by atoms with E-state index in [-0.39, 0.29) is 12.0 Å². The first kappa shape index (κ1) is 10.6. The summed E-state index contributed by atoms with van der Waals surface area (Å²) in [6, 6.07) is 4.17. The molecule has 2 atom stereocenters. The molecule has 0 bridgehead atoms. The van der Waals surface area contributed by atoms with Crippen LogP contribution < -0.4 is 5.32 Å². The van der Waals surface area contributed by atoms with E-state index >= 15 is 0 Å². The van der Waals surface area contributed by atoms with Crippen molar-refractivity contribution in [2.45, 2.75) is 25.3 Å². The van der Waals surface area contributed by atoms with Gasteiger partial charge in [0, 0.05) is 22.2 Å². The predicted octanol–water partition coefficient (Wildman–Crippen LogP) is 1.68. The van der Waals surface area contributed by atoms with Crippen LogP contribution >= 0.6 is 11.3 Å². The zero-order chi connectivity index (χ0) is 10.8. The molecule has 0 spiro atoms. The number of hydrogen-bond acceptors (Lipinski definition) is 4. The van der Waals surface area contributed by atoms with Crippen LogP contribution in [-0.4, -0.2) is 25.7 Å². The summed E-state index contributed by atoms with van der Waals surface area (Å²) in [6.07, 6.45) is 0.854. The number of aryl methyl sites for hydroxylation is 1. The van der Waals surface area contributed by atoms with Crippen LogP contribution in [0.2, 0.25) is 0 Å². The van der Waals surface area contributed by atoms with Crippen molar-refractivity contribution in [2.24, 2.45) is 0 Å². The van der Waals surface area contributed by atoms with Gasteiger partial charge in [-0.25, -0.2) is 0 Å². The van der Waals surface area contributed by atoms with Gasteiger partial charge in [-0.1, -0.05) is 0 Å². The van der Waals surface area contributed by atoms with E-state index in [1.807, 2.05) is 11.3 Å². The maximum Gasteiger partial charge on any atom is 0.322 e. The summed E-state index contributed by atoms with van der Waals surface area (Å²) in [6.45, 7) is 2.98. The van der Waals surface area contributed by atoms with Gasteiger partial charge in [-0.15, -0.1) is 11.3 Å². The van der Waals surface area contributed by atoms with Crippen LogP contribution in [-0.2, 0) is 9.53 Å². The van der Waals surface area contributed by atoms with E-state index in [4.69, 9.17) is 4.74 Å². The molecule has 0 amide bonds. The molecule has 1 N–H and O–H groups in total. The molecule has 82 valence electrons. The lowest BCUT2D eigenvalue weighted by molar-refractivity contribution is -0.142. The van der Waals surface area contributed by atoms with Crippen LogP contribution in [0.4, 0.5) is 0 Å². The zero-order valence-electron chi connectivity index (χ0n) is 8.95. The van der Waals surface area contributed by atoms with Crippen LogP contribution in [0.1, 0.15) is 22.1 Å². The van der Waals surface area contributed by atoms with Crippen molar-refractivity contribution in [3.63, 3.8) is 0 Å². The van der Waals surface area contributed by atoms with Crippen molar-refractivity contribution in [1.29, 1.82) is 0 Å². The van der Waals surface area contributed by atoms with Gasteiger partial charge in [-0.3, -0.25) is 4.79 Å². The van der Waals surface area contributed by atoms with Gasteiger partial charge < -0.3 is 10.1 Å². The average Bonchev–Trinajstić information content (AvgIpc) is 2.84. The number of rotatable bonds is 2. The highest BCUT2D eigenvalue weighted by molar-refractivity contribution is 7.12. The van der Waals surface area contributed by atoms with Gasteiger partial charge in [0.05, 0.1) is 7.11 Å². The number of esters is 1. The van der Waals surface area contributed by atoms with Crippen molar-refractivity contribution in [2.75, 3.05) is 13.7 Å². The molecule has 0 saturated carbocycles. The first-order valence-corrected chi connectivity index (χ1v) is 5.90. The Hall–Kier alpha value is -0.870. The first-order chi connectivity index (χ1) is 7.20. The Kier molecular flexibility index (Phi) is 3.07. The lowest BCUT2D eigenvalue weighted by Gasteiger charge is -2.06. The molecule has 0 aliphatic carbocycles. The predicted molar refractivity (Wildman–Crippen MR) is 60.2 cm³/mol. The molecule has 3 nitrogen and oxygen atoms in total. The van der Waals surface area contributed by atoms with Crippen molar-refractivity contribution >= 4 is 17.3 Å². The Labute approximate surface area is 93.4 Å². The van der Waals surface area contributed by atoms with E-state index < -0.39 is 0 Å². The number of methoxy groups -OCH3 is 1. The molecule has 1 aromatic rings. The normalized spacial score (nSPS) is 25.5. The quantitative estimate of drug-likeness (QED) is 0.778. The Balaban J connectivity index is 2.01. The average molecular weight is 225 g/mol. The number of hydrogen-bond donors (Lipinski definition) is 1. The van der Waals surface area contributed by atoms with Gasteiger partial charge in [0.2, 0.25) is 0 Å². The maximum atomic E-state index is 11.3. The van der Waals surface area contributed by atoms with Crippen LogP contribution in [0, 0.1) is 6.92 Å². The Morgan fingerprint density at radius 2 is 2.40 bits per heavy atom. The second-order valence-electron chi connectivity index (χ2n) is 3.87. The summed E-state index contributed by atoms with van der Waals surface area (Å²) >= 11 is 1.81. The number of carbonyl (C=O) groups is 1. The molecule has 4 heteroatoms. The highest BCUT2D eigenvalue weighted by atomic mass is 32.1. The minimum absolute atomic E-state index is 0.123. The summed E-state index contributed by atoms with van der Waals surface area (Å²) in [5, 5.41) is 3.20. The molecular weight excluding hydrogens is 210 g/mol. The smallest absolute Gasteiger partial charge is 0.322 e. The number of carbonyl (C=O) groups excluding carboxylic acids is 1. The monoisotopic (exact) mass is 225 g/mol. The van der Waals surface area contributed by atoms with E-state index in [2.05, 4.69) is 24.4 Å². The SMILES string of the molecule is COC(=O)C1CC(c2ccc(C)s2)CN1. The van der Waals surface area contributed by atoms with Gasteiger partial charge in [0.15, 0.2) is 0 Å². The largest absolute Gasteiger partial charge is 0.468 e. The molecule has 1 aliphatic rings. The van der Waals surface area contributed by atoms with E-state index in [9.17, 15) is 4.79 Å². The summed E-state index contributed by atoms with van der Waals surface area (Å²) in [4.78, 5) is 14.0. The van der Waals surface area contributed by atoms with Crippen LogP contribution in [0.25, 0.3) is 0 Å². The summed E-state index contributed by atoms with van der Waals surface area (Å²) in [7, 11) is 1.44. The Bertz CT molecular complexity index is 361. The third-order valence-corrected chi connectivity index (χ3v) is 3.94. The minimum Gasteiger partial charge on any atom is -0.468 e. The molecule has 2 rings (SSSR count). The first-order valence-electron chi connectivity index (χ1n) is 5.08. The molecule has 1 saturated heterocycles. The highest BCUT2D eigenvalue weighted by Gasteiger charge is 2.31. The minimum atomic E-state index is -0.147. The molecule has 2 heterocycles. The molecule has 1 aromatic heterocycles. The molecule has 2 unspecified atom stereocenters. The summed E-state index contributed by atoms with van der Waals surface area (Å²) in [5.41, 5.74) is 0. The van der Waals surface area contributed by atoms with Crippen LogP contribution in [0.3, 0.4) is 0 Å². The van der Waals surface area contributed by atoms with E-state index in [1.165, 1.54) is 16.9 Å². The van der Waals surface area contributed by atoms with Crippen molar-refractivity contribution < 1.29 is 9.53 Å². The molecule has 15 heavy (non-hydrogen) atoms. The Morgan fingerprint density at radius 1 is 1.60 bits per heavy atom. The van der Waals surface area contributed by atoms with Gasteiger partial charge >= 0.3 is 5.97 Å². The number of ether oxygens (including phenoxy) is 1. The van der Waals surface area contributed by atoms with Crippen molar-refractivity contribution in [3.05, 3.63) is 21.9 Å². The molecule has 1 fully saturated rings. The van der Waals surface area contributed by atoms with E-state index in [0.717, 1.165) is 13.0 Å². The second-order valence-corrected chi connectivity index (χ2v) is 5.18. The topological polar surface area (TPSA) is 38.3 Å². The van der Waals surface area contributed by atoms with Crippen LogP contribution in [0.5, 0.6) is 0 Å². The van der Waals surface area contributed by atoms with Gasteiger partial charge in [0.1, 0.15) is 6.04 Å². The molecule has 0 aromatic carbocycles. The van der Waals surface area contributed by atoms with Gasteiger partial charge in [-0.05, 0) is 25.5 Å². The number of nitrogens with one attached hydrogen (secondary N) is 1. The van der Waals surface area contributed by atoms with Gasteiger partial charge in [0.25, 0.3) is 0 Å². The van der Waals surface area contributed by atoms with Crippen LogP contribution in [0.15, 0.2) is 12.1 Å². The lowest BCUT2D eigenvalue weighted by Crippen LogP contribution is -2.31. The molecular formula is C11H15NO2S. The maximum absolute atomic E-state index is 11.3. The standard InChI is InChI=1S/C11H15NO2S/c1-7-3-4-10(15-7)8-5-9(12-6-8)11(13)14-2/h3-4,8-9,12H,5-6H2,1-2H3. The fraction of sp³-hybridized carbons (Fsp3) is 0.545. The second kappa shape index (κ2) is 4.33. The summed E-state index contributed by atoms with van der Waals surface area (Å²) in [5.74, 6) is 0.318. The van der Waals surface area contributed by atoms with E-state index in [0.29, 0.717) is 5.92 Å². The highest BCUT2D eigenvalue weighted by Crippen LogP contribution is 2.31. The van der Waals surface area contributed by atoms with Crippen molar-refractivity contribution in [3.8, 4) is 0 Å². The fourth-order valence-corrected chi connectivity index (χ4v) is 2.94. The third-order valence-electron chi connectivity index (χ3n) is 2.78. The third kappa shape index (κ3) is 2.21.